The van der Waals surface area contributed by atoms with Crippen molar-refractivity contribution in [1.29, 1.82) is 0 Å². The number of carbonyl (C=O) groups excluding carboxylic acids is 1. The molecule has 0 bridgehead atoms. The van der Waals surface area contributed by atoms with Crippen LogP contribution in [0.1, 0.15) is 22.3 Å². The molecule has 3 N–H and O–H groups in total. The first-order valence-corrected chi connectivity index (χ1v) is 4.71. The molecule has 0 aliphatic carbocycles. The molecule has 0 heterocycles. The fourth-order valence-corrected chi connectivity index (χ4v) is 1.36. The number of aryl methyl sites for hydroxylation is 1. The maximum absolute atomic E-state index is 11.6. The third-order valence-corrected chi connectivity index (χ3v) is 2.21. The number of methoxy groups -OCH3 is 1. The monoisotopic (exact) mass is 209 g/mol. The summed E-state index contributed by atoms with van der Waals surface area (Å²) >= 11 is 0. The summed E-state index contributed by atoms with van der Waals surface area (Å²) in [7, 11) is 1.42. The molecule has 0 aromatic heterocycles. The van der Waals surface area contributed by atoms with Gasteiger partial charge in [0.1, 0.15) is 0 Å². The number of aromatic hydroxyl groups is 1. The summed E-state index contributed by atoms with van der Waals surface area (Å²) in [6.45, 7) is 2.03. The van der Waals surface area contributed by atoms with Gasteiger partial charge in [0.25, 0.3) is 0 Å². The first kappa shape index (κ1) is 11.5. The lowest BCUT2D eigenvalue weighted by Gasteiger charge is -2.10. The maximum Gasteiger partial charge on any atom is 0.171 e. The van der Waals surface area contributed by atoms with E-state index in [-0.39, 0.29) is 30.2 Å². The number of ether oxygens (including phenoxy) is 1. The lowest BCUT2D eigenvalue weighted by Crippen LogP contribution is -2.09. The van der Waals surface area contributed by atoms with Gasteiger partial charge < -0.3 is 15.6 Å². The molecule has 4 heteroatoms. The van der Waals surface area contributed by atoms with Gasteiger partial charge >= 0.3 is 0 Å². The Labute approximate surface area is 88.7 Å². The van der Waals surface area contributed by atoms with Gasteiger partial charge in [-0.05, 0) is 25.1 Å². The van der Waals surface area contributed by atoms with E-state index in [4.69, 9.17) is 10.5 Å². The van der Waals surface area contributed by atoms with Crippen molar-refractivity contribution >= 4 is 5.78 Å². The average molecular weight is 209 g/mol. The molecule has 0 spiro atoms. The first-order chi connectivity index (χ1) is 7.11. The molecule has 0 amide bonds. The number of benzene rings is 1. The molecule has 1 aromatic carbocycles. The molecule has 0 aliphatic heterocycles. The second-order valence-corrected chi connectivity index (χ2v) is 3.27. The zero-order chi connectivity index (χ0) is 11.4. The van der Waals surface area contributed by atoms with Crippen LogP contribution in [-0.4, -0.2) is 24.5 Å². The number of rotatable bonds is 4. The highest BCUT2D eigenvalue weighted by Gasteiger charge is 2.16. The lowest BCUT2D eigenvalue weighted by molar-refractivity contribution is 0.0982. The Morgan fingerprint density at radius 2 is 2.20 bits per heavy atom. The Balaban J connectivity index is 3.18. The van der Waals surface area contributed by atoms with E-state index in [1.165, 1.54) is 7.11 Å². The Hall–Kier alpha value is -1.55. The molecule has 4 nitrogen and oxygen atoms in total. The molecule has 0 radical (unpaired) electrons. The van der Waals surface area contributed by atoms with Gasteiger partial charge in [-0.15, -0.1) is 0 Å². The van der Waals surface area contributed by atoms with Crippen LogP contribution in [0.4, 0.5) is 0 Å². The number of ketones is 1. The summed E-state index contributed by atoms with van der Waals surface area (Å²) in [5, 5.41) is 9.69. The van der Waals surface area contributed by atoms with Gasteiger partial charge in [-0.2, -0.15) is 0 Å². The van der Waals surface area contributed by atoms with Crippen LogP contribution in [0.15, 0.2) is 12.1 Å². The highest BCUT2D eigenvalue weighted by Crippen LogP contribution is 2.33. The molecular weight excluding hydrogens is 194 g/mol. The van der Waals surface area contributed by atoms with Crippen LogP contribution in [0.3, 0.4) is 0 Å². The second-order valence-electron chi connectivity index (χ2n) is 3.27. The molecule has 1 aromatic rings. The van der Waals surface area contributed by atoms with Crippen LogP contribution in [0, 0.1) is 6.92 Å². The molecular formula is C11H15NO3. The Bertz CT molecular complexity index is 374. The van der Waals surface area contributed by atoms with Gasteiger partial charge in [-0.25, -0.2) is 0 Å². The van der Waals surface area contributed by atoms with Gasteiger partial charge in [-0.3, -0.25) is 4.79 Å². The van der Waals surface area contributed by atoms with E-state index >= 15 is 0 Å². The largest absolute Gasteiger partial charge is 0.504 e. The van der Waals surface area contributed by atoms with Crippen molar-refractivity contribution in [3.8, 4) is 11.5 Å². The summed E-state index contributed by atoms with van der Waals surface area (Å²) in [6.07, 6.45) is 0.249. The lowest BCUT2D eigenvalue weighted by atomic mass is 10.0. The minimum Gasteiger partial charge on any atom is -0.504 e. The molecule has 0 atom stereocenters. The molecule has 15 heavy (non-hydrogen) atoms. The molecule has 0 saturated heterocycles. The van der Waals surface area contributed by atoms with Gasteiger partial charge in [0.05, 0.1) is 12.7 Å². The van der Waals surface area contributed by atoms with Crippen molar-refractivity contribution in [3.05, 3.63) is 23.3 Å². The number of hydrogen-bond donors (Lipinski definition) is 2. The van der Waals surface area contributed by atoms with E-state index in [0.717, 1.165) is 0 Å². The van der Waals surface area contributed by atoms with Crippen LogP contribution < -0.4 is 10.5 Å². The topological polar surface area (TPSA) is 72.5 Å². The molecule has 0 fully saturated rings. The molecule has 0 aliphatic rings. The van der Waals surface area contributed by atoms with Crippen LogP contribution in [-0.2, 0) is 0 Å². The van der Waals surface area contributed by atoms with Crippen LogP contribution >= 0.6 is 0 Å². The highest BCUT2D eigenvalue weighted by atomic mass is 16.5. The standard InChI is InChI=1S/C11H15NO3/c1-7-3-4-8(9(13)5-6-12)11(15-2)10(7)14/h3-4,14H,5-6,12H2,1-2H3. The summed E-state index contributed by atoms with van der Waals surface area (Å²) in [5.41, 5.74) is 6.36. The van der Waals surface area contributed by atoms with Crippen molar-refractivity contribution in [2.75, 3.05) is 13.7 Å². The van der Waals surface area contributed by atoms with Crippen molar-refractivity contribution in [2.45, 2.75) is 13.3 Å². The maximum atomic E-state index is 11.6. The Morgan fingerprint density at radius 1 is 1.53 bits per heavy atom. The first-order valence-electron chi connectivity index (χ1n) is 4.71. The summed E-state index contributed by atoms with van der Waals surface area (Å²) in [5.74, 6) is 0.124. The number of carbonyl (C=O) groups is 1. The zero-order valence-corrected chi connectivity index (χ0v) is 8.91. The van der Waals surface area contributed by atoms with E-state index < -0.39 is 0 Å². The number of Topliss-reactive ketones (excluding diaryl/α,β-unsaturated/α-hetero) is 1. The summed E-state index contributed by atoms with van der Waals surface area (Å²) < 4.78 is 5.01. The predicted molar refractivity (Wildman–Crippen MR) is 57.4 cm³/mol. The smallest absolute Gasteiger partial charge is 0.171 e. The Morgan fingerprint density at radius 3 is 2.73 bits per heavy atom. The normalized spacial score (nSPS) is 10.1. The average Bonchev–Trinajstić information content (AvgIpc) is 2.22. The molecule has 0 saturated carbocycles. The third-order valence-electron chi connectivity index (χ3n) is 2.21. The van der Waals surface area contributed by atoms with E-state index in [0.29, 0.717) is 11.1 Å². The van der Waals surface area contributed by atoms with Crippen molar-refractivity contribution in [2.24, 2.45) is 5.73 Å². The number of phenolic OH excluding ortho intramolecular Hbond substituents is 1. The van der Waals surface area contributed by atoms with E-state index in [1.54, 1.807) is 19.1 Å². The van der Waals surface area contributed by atoms with Crippen molar-refractivity contribution in [1.82, 2.24) is 0 Å². The molecule has 82 valence electrons. The predicted octanol–water partition coefficient (Wildman–Crippen LogP) is 1.24. The Kier molecular flexibility index (Phi) is 3.68. The summed E-state index contributed by atoms with van der Waals surface area (Å²) in [6, 6.07) is 3.33. The van der Waals surface area contributed by atoms with E-state index in [9.17, 15) is 9.90 Å². The second kappa shape index (κ2) is 4.79. The number of phenols is 1. The van der Waals surface area contributed by atoms with Crippen LogP contribution in [0.5, 0.6) is 11.5 Å². The van der Waals surface area contributed by atoms with Gasteiger partial charge in [0.15, 0.2) is 17.3 Å². The highest BCUT2D eigenvalue weighted by molar-refractivity contribution is 5.99. The van der Waals surface area contributed by atoms with Crippen molar-refractivity contribution < 1.29 is 14.6 Å². The third kappa shape index (κ3) is 2.27. The number of hydrogen-bond acceptors (Lipinski definition) is 4. The minimum absolute atomic E-state index is 0.0142. The van der Waals surface area contributed by atoms with Crippen molar-refractivity contribution in [3.63, 3.8) is 0 Å². The summed E-state index contributed by atoms with van der Waals surface area (Å²) in [4.78, 5) is 11.6. The zero-order valence-electron chi connectivity index (χ0n) is 8.91. The van der Waals surface area contributed by atoms with Crippen LogP contribution in [0.25, 0.3) is 0 Å². The molecule has 1 rings (SSSR count). The number of nitrogens with two attached hydrogens (primary N) is 1. The van der Waals surface area contributed by atoms with Gasteiger partial charge in [0.2, 0.25) is 0 Å². The minimum atomic E-state index is -0.121. The fourth-order valence-electron chi connectivity index (χ4n) is 1.36. The SMILES string of the molecule is COc1c(C(=O)CCN)ccc(C)c1O. The molecule has 0 unspecified atom stereocenters. The van der Waals surface area contributed by atoms with Gasteiger partial charge in [0, 0.05) is 6.42 Å². The quantitative estimate of drug-likeness (QED) is 0.732. The van der Waals surface area contributed by atoms with E-state index in [2.05, 4.69) is 0 Å². The van der Waals surface area contributed by atoms with Gasteiger partial charge in [-0.1, -0.05) is 6.07 Å². The van der Waals surface area contributed by atoms with E-state index in [1.807, 2.05) is 0 Å². The van der Waals surface area contributed by atoms with Crippen LogP contribution in [0.2, 0.25) is 0 Å². The fraction of sp³-hybridized carbons (Fsp3) is 0.364.